The summed E-state index contributed by atoms with van der Waals surface area (Å²) in [6, 6.07) is 6.68. The predicted molar refractivity (Wildman–Crippen MR) is 95.3 cm³/mol. The van der Waals surface area contributed by atoms with E-state index in [1.807, 2.05) is 11.8 Å². The lowest BCUT2D eigenvalue weighted by molar-refractivity contribution is -0.156. The van der Waals surface area contributed by atoms with Gasteiger partial charge in [0.05, 0.1) is 5.54 Å². The smallest absolute Gasteiger partial charge is 0.387 e. The van der Waals surface area contributed by atoms with Crippen molar-refractivity contribution in [2.45, 2.75) is 39.0 Å². The number of benzene rings is 1. The summed E-state index contributed by atoms with van der Waals surface area (Å²) in [5.74, 6) is 0.197. The van der Waals surface area contributed by atoms with Crippen LogP contribution in [0.3, 0.4) is 0 Å². The van der Waals surface area contributed by atoms with Gasteiger partial charge >= 0.3 is 6.61 Å². The minimum Gasteiger partial charge on any atom is -0.434 e. The lowest BCUT2D eigenvalue weighted by Crippen LogP contribution is -2.67. The number of alkyl halides is 2. The number of hydrogen-bond donors (Lipinski definition) is 0. The van der Waals surface area contributed by atoms with Crippen molar-refractivity contribution in [1.82, 2.24) is 14.7 Å². The average molecular weight is 381 g/mol. The SMILES string of the molecule is CC(=O)N1CCN(C(=O)C2(C)CCN2Cc2ccccc2OC(F)F)CC1. The molecule has 1 aromatic rings. The van der Waals surface area contributed by atoms with Gasteiger partial charge in [-0.15, -0.1) is 0 Å². The molecule has 0 aliphatic carbocycles. The van der Waals surface area contributed by atoms with Crippen molar-refractivity contribution in [2.24, 2.45) is 0 Å². The number of amides is 2. The van der Waals surface area contributed by atoms with Crippen molar-refractivity contribution in [1.29, 1.82) is 0 Å². The van der Waals surface area contributed by atoms with Crippen molar-refractivity contribution >= 4 is 11.8 Å². The molecule has 2 aliphatic heterocycles. The number of hydrogen-bond acceptors (Lipinski definition) is 4. The number of halogens is 2. The highest BCUT2D eigenvalue weighted by Gasteiger charge is 2.49. The number of ether oxygens (including phenoxy) is 1. The monoisotopic (exact) mass is 381 g/mol. The van der Waals surface area contributed by atoms with Gasteiger partial charge in [0.15, 0.2) is 0 Å². The van der Waals surface area contributed by atoms with Crippen molar-refractivity contribution in [3.05, 3.63) is 29.8 Å². The van der Waals surface area contributed by atoms with Gasteiger partial charge in [0.25, 0.3) is 0 Å². The topological polar surface area (TPSA) is 53.1 Å². The summed E-state index contributed by atoms with van der Waals surface area (Å²) >= 11 is 0. The lowest BCUT2D eigenvalue weighted by atomic mass is 9.84. The molecule has 6 nitrogen and oxygen atoms in total. The quantitative estimate of drug-likeness (QED) is 0.782. The Kier molecular flexibility index (Phi) is 5.64. The highest BCUT2D eigenvalue weighted by atomic mass is 19.3. The highest BCUT2D eigenvalue weighted by Crippen LogP contribution is 2.35. The van der Waals surface area contributed by atoms with Crippen LogP contribution in [0.2, 0.25) is 0 Å². The molecule has 27 heavy (non-hydrogen) atoms. The molecule has 0 bridgehead atoms. The third-order valence-electron chi connectivity index (χ3n) is 5.59. The third-order valence-corrected chi connectivity index (χ3v) is 5.59. The molecule has 2 heterocycles. The molecule has 3 rings (SSSR count). The highest BCUT2D eigenvalue weighted by molar-refractivity contribution is 5.87. The molecule has 2 saturated heterocycles. The summed E-state index contributed by atoms with van der Waals surface area (Å²) < 4.78 is 29.8. The van der Waals surface area contributed by atoms with Gasteiger partial charge in [-0.2, -0.15) is 8.78 Å². The minimum absolute atomic E-state index is 0.0224. The fraction of sp³-hybridized carbons (Fsp3) is 0.579. The molecular formula is C19H25F2N3O3. The van der Waals surface area contributed by atoms with Gasteiger partial charge in [0, 0.05) is 51.8 Å². The van der Waals surface area contributed by atoms with Gasteiger partial charge in [-0.3, -0.25) is 14.5 Å². The van der Waals surface area contributed by atoms with Crippen molar-refractivity contribution < 1.29 is 23.1 Å². The van der Waals surface area contributed by atoms with Gasteiger partial charge in [-0.25, -0.2) is 0 Å². The zero-order chi connectivity index (χ0) is 19.6. The van der Waals surface area contributed by atoms with Crippen LogP contribution in [0.25, 0.3) is 0 Å². The number of nitrogens with zero attached hydrogens (tertiary/aromatic N) is 3. The number of para-hydroxylation sites is 1. The van der Waals surface area contributed by atoms with E-state index >= 15 is 0 Å². The first kappa shape index (κ1) is 19.5. The normalized spacial score (nSPS) is 23.3. The summed E-state index contributed by atoms with van der Waals surface area (Å²) in [7, 11) is 0. The maximum atomic E-state index is 13.1. The summed E-state index contributed by atoms with van der Waals surface area (Å²) in [6.07, 6.45) is 0.719. The van der Waals surface area contributed by atoms with E-state index in [-0.39, 0.29) is 17.6 Å². The molecule has 1 aromatic carbocycles. The van der Waals surface area contributed by atoms with E-state index in [9.17, 15) is 18.4 Å². The number of likely N-dealkylation sites (tertiary alicyclic amines) is 1. The van der Waals surface area contributed by atoms with Crippen LogP contribution in [0, 0.1) is 0 Å². The van der Waals surface area contributed by atoms with Gasteiger partial charge in [0.1, 0.15) is 5.75 Å². The fourth-order valence-corrected chi connectivity index (χ4v) is 3.72. The van der Waals surface area contributed by atoms with Crippen LogP contribution in [-0.4, -0.2) is 71.4 Å². The zero-order valence-corrected chi connectivity index (χ0v) is 15.7. The molecule has 0 radical (unpaired) electrons. The molecule has 1 unspecified atom stereocenters. The first-order valence-electron chi connectivity index (χ1n) is 9.14. The van der Waals surface area contributed by atoms with Gasteiger partial charge in [-0.05, 0) is 19.4 Å². The zero-order valence-electron chi connectivity index (χ0n) is 15.7. The molecular weight excluding hydrogens is 356 g/mol. The Morgan fingerprint density at radius 2 is 1.74 bits per heavy atom. The maximum Gasteiger partial charge on any atom is 0.387 e. The second-order valence-corrected chi connectivity index (χ2v) is 7.23. The number of carbonyl (C=O) groups excluding carboxylic acids is 2. The van der Waals surface area contributed by atoms with Crippen molar-refractivity contribution in [3.63, 3.8) is 0 Å². The van der Waals surface area contributed by atoms with Crippen LogP contribution >= 0.6 is 0 Å². The molecule has 0 N–H and O–H groups in total. The molecule has 2 fully saturated rings. The van der Waals surface area contributed by atoms with Crippen LogP contribution in [0.5, 0.6) is 5.75 Å². The Bertz CT molecular complexity index is 707. The Hall–Kier alpha value is -2.22. The number of piperazine rings is 1. The first-order valence-corrected chi connectivity index (χ1v) is 9.14. The molecule has 148 valence electrons. The van der Waals surface area contributed by atoms with Crippen LogP contribution in [0.1, 0.15) is 25.8 Å². The second-order valence-electron chi connectivity index (χ2n) is 7.23. The fourth-order valence-electron chi connectivity index (χ4n) is 3.72. The minimum atomic E-state index is -2.88. The van der Waals surface area contributed by atoms with Crippen molar-refractivity contribution in [3.8, 4) is 5.75 Å². The molecule has 8 heteroatoms. The summed E-state index contributed by atoms with van der Waals surface area (Å²) in [6.45, 7) is 3.77. The molecule has 0 spiro atoms. The van der Waals surface area contributed by atoms with Crippen LogP contribution < -0.4 is 4.74 Å². The van der Waals surface area contributed by atoms with Gasteiger partial charge in [-0.1, -0.05) is 18.2 Å². The lowest BCUT2D eigenvalue weighted by Gasteiger charge is -2.52. The van der Waals surface area contributed by atoms with Crippen LogP contribution in [0.4, 0.5) is 8.78 Å². The number of rotatable bonds is 5. The Morgan fingerprint density at radius 1 is 1.11 bits per heavy atom. The first-order chi connectivity index (χ1) is 12.8. The van der Waals surface area contributed by atoms with Crippen LogP contribution in [-0.2, 0) is 16.1 Å². The molecule has 2 amide bonds. The summed E-state index contributed by atoms with van der Waals surface area (Å²) in [4.78, 5) is 30.1. The van der Waals surface area contributed by atoms with E-state index in [1.54, 1.807) is 28.0 Å². The Balaban J connectivity index is 1.66. The van der Waals surface area contributed by atoms with Crippen LogP contribution in [0.15, 0.2) is 24.3 Å². The largest absolute Gasteiger partial charge is 0.434 e. The molecule has 1 atom stereocenters. The second kappa shape index (κ2) is 7.80. The predicted octanol–water partition coefficient (Wildman–Crippen LogP) is 1.94. The van der Waals surface area contributed by atoms with E-state index in [0.29, 0.717) is 38.3 Å². The maximum absolute atomic E-state index is 13.1. The summed E-state index contributed by atoms with van der Waals surface area (Å²) in [5.41, 5.74) is -0.0194. The van der Waals surface area contributed by atoms with E-state index in [0.717, 1.165) is 13.0 Å². The number of carbonyl (C=O) groups is 2. The van der Waals surface area contributed by atoms with E-state index in [1.165, 1.54) is 13.0 Å². The van der Waals surface area contributed by atoms with E-state index < -0.39 is 12.2 Å². The van der Waals surface area contributed by atoms with Gasteiger partial charge in [0.2, 0.25) is 11.8 Å². The average Bonchev–Trinajstić information content (AvgIpc) is 2.64. The van der Waals surface area contributed by atoms with Gasteiger partial charge < -0.3 is 14.5 Å². The molecule has 0 aromatic heterocycles. The standard InChI is InChI=1S/C19H25F2N3O3/c1-14(25)22-9-11-23(12-10-22)17(26)19(2)7-8-24(19)13-15-5-3-4-6-16(15)27-18(20)21/h3-6,18H,7-13H2,1-2H3. The Labute approximate surface area is 157 Å². The van der Waals surface area contributed by atoms with E-state index in [4.69, 9.17) is 0 Å². The third kappa shape index (κ3) is 4.05. The molecule has 2 aliphatic rings. The Morgan fingerprint density at radius 3 is 2.30 bits per heavy atom. The summed E-state index contributed by atoms with van der Waals surface area (Å²) in [5, 5.41) is 0. The van der Waals surface area contributed by atoms with Crippen molar-refractivity contribution in [2.75, 3.05) is 32.7 Å². The molecule has 0 saturated carbocycles. The van der Waals surface area contributed by atoms with E-state index in [2.05, 4.69) is 4.74 Å².